The van der Waals surface area contributed by atoms with Crippen molar-refractivity contribution in [1.29, 1.82) is 0 Å². The molecule has 1 aromatic rings. The van der Waals surface area contributed by atoms with Gasteiger partial charge in [-0.1, -0.05) is 17.7 Å². The predicted octanol–water partition coefficient (Wildman–Crippen LogP) is 1.36. The molecule has 0 saturated heterocycles. The molecule has 0 saturated carbocycles. The number of carbonyl (C=O) groups is 1. The first-order valence-electron chi connectivity index (χ1n) is 3.93. The molecule has 0 aliphatic heterocycles. The van der Waals surface area contributed by atoms with Crippen molar-refractivity contribution in [3.8, 4) is 0 Å². The number of amides is 2. The number of nitrogens with two attached hydrogens (primary N) is 1. The molecule has 0 aliphatic rings. The summed E-state index contributed by atoms with van der Waals surface area (Å²) in [6.45, 7) is 1.83. The first kappa shape index (κ1) is 11.8. The van der Waals surface area contributed by atoms with Gasteiger partial charge in [0, 0.05) is 10.7 Å². The summed E-state index contributed by atoms with van der Waals surface area (Å²) in [5, 5.41) is 0. The van der Waals surface area contributed by atoms with Crippen molar-refractivity contribution >= 4 is 31.6 Å². The zero-order valence-electron chi connectivity index (χ0n) is 7.84. The average molecular weight is 249 g/mol. The number of urea groups is 1. The maximum absolute atomic E-state index is 11.0. The third kappa shape index (κ3) is 2.84. The highest BCUT2D eigenvalue weighted by molar-refractivity contribution is 8.15. The molecule has 7 heteroatoms. The average Bonchev–Trinajstić information content (AvgIpc) is 2.05. The molecule has 2 amide bonds. The summed E-state index contributed by atoms with van der Waals surface area (Å²) in [5.74, 6) is 0. The van der Waals surface area contributed by atoms with Crippen molar-refractivity contribution in [1.82, 2.24) is 0 Å². The van der Waals surface area contributed by atoms with E-state index in [1.54, 1.807) is 12.1 Å². The minimum atomic E-state index is -4.20. The molecular weight excluding hydrogens is 240 g/mol. The number of aryl methyl sites for hydroxylation is 1. The Labute approximate surface area is 92.0 Å². The van der Waals surface area contributed by atoms with Crippen molar-refractivity contribution in [2.45, 2.75) is 6.92 Å². The van der Waals surface area contributed by atoms with Crippen LogP contribution in [0.4, 0.5) is 10.5 Å². The van der Waals surface area contributed by atoms with E-state index in [-0.39, 0.29) is 5.69 Å². The number of primary amides is 1. The lowest BCUT2D eigenvalue weighted by atomic mass is 10.2. The van der Waals surface area contributed by atoms with E-state index in [9.17, 15) is 13.2 Å². The first-order chi connectivity index (χ1) is 6.82. The highest BCUT2D eigenvalue weighted by Gasteiger charge is 2.24. The van der Waals surface area contributed by atoms with Crippen LogP contribution in [0, 0.1) is 6.92 Å². The minimum Gasteiger partial charge on any atom is -0.350 e. The summed E-state index contributed by atoms with van der Waals surface area (Å²) in [6, 6.07) is 5.04. The third-order valence-corrected chi connectivity index (χ3v) is 2.93. The second-order valence-corrected chi connectivity index (χ2v) is 5.24. The number of carbonyl (C=O) groups excluding carboxylic acids is 1. The lowest BCUT2D eigenvalue weighted by Gasteiger charge is -2.15. The van der Waals surface area contributed by atoms with Crippen LogP contribution in [0.3, 0.4) is 0 Å². The van der Waals surface area contributed by atoms with E-state index in [1.807, 2.05) is 6.92 Å². The van der Waals surface area contributed by atoms with E-state index in [1.165, 1.54) is 12.1 Å². The van der Waals surface area contributed by atoms with Gasteiger partial charge in [0.15, 0.2) is 0 Å². The number of halogens is 1. The summed E-state index contributed by atoms with van der Waals surface area (Å²) in [5.41, 5.74) is 5.96. The number of benzene rings is 1. The van der Waals surface area contributed by atoms with Gasteiger partial charge in [0.05, 0.1) is 5.69 Å². The summed E-state index contributed by atoms with van der Waals surface area (Å²) in [6.07, 6.45) is 0. The molecule has 0 bridgehead atoms. The number of hydrogen-bond acceptors (Lipinski definition) is 3. The number of hydrogen-bond donors (Lipinski definition) is 1. The zero-order valence-corrected chi connectivity index (χ0v) is 9.42. The fourth-order valence-corrected chi connectivity index (χ4v) is 2.07. The monoisotopic (exact) mass is 248 g/mol. The van der Waals surface area contributed by atoms with E-state index in [2.05, 4.69) is 0 Å². The third-order valence-electron chi connectivity index (χ3n) is 1.69. The Morgan fingerprint density at radius 1 is 1.33 bits per heavy atom. The van der Waals surface area contributed by atoms with Crippen molar-refractivity contribution in [2.75, 3.05) is 4.31 Å². The highest BCUT2D eigenvalue weighted by atomic mass is 35.7. The molecular formula is C8H9ClN2O3S. The van der Waals surface area contributed by atoms with Crippen LogP contribution in [-0.2, 0) is 9.24 Å². The fraction of sp³-hybridized carbons (Fsp3) is 0.125. The Morgan fingerprint density at radius 2 is 1.80 bits per heavy atom. The number of anilines is 1. The Kier molecular flexibility index (Phi) is 3.21. The van der Waals surface area contributed by atoms with Gasteiger partial charge in [-0.3, -0.25) is 0 Å². The van der Waals surface area contributed by atoms with E-state index in [0.717, 1.165) is 5.56 Å². The van der Waals surface area contributed by atoms with Crippen LogP contribution in [0.1, 0.15) is 5.56 Å². The lowest BCUT2D eigenvalue weighted by Crippen LogP contribution is -2.38. The Bertz CT molecular complexity index is 469. The summed E-state index contributed by atoms with van der Waals surface area (Å²) < 4.78 is 22.4. The molecule has 2 N–H and O–H groups in total. The lowest BCUT2D eigenvalue weighted by molar-refractivity contribution is 0.257. The molecule has 15 heavy (non-hydrogen) atoms. The molecule has 82 valence electrons. The molecule has 1 rings (SSSR count). The van der Waals surface area contributed by atoms with Crippen LogP contribution in [0.5, 0.6) is 0 Å². The molecule has 1 aromatic carbocycles. The van der Waals surface area contributed by atoms with Crippen LogP contribution in [0.15, 0.2) is 24.3 Å². The quantitative estimate of drug-likeness (QED) is 0.803. The van der Waals surface area contributed by atoms with E-state index in [0.29, 0.717) is 4.31 Å². The van der Waals surface area contributed by atoms with Gasteiger partial charge < -0.3 is 5.73 Å². The fourth-order valence-electron chi connectivity index (χ4n) is 1.04. The second-order valence-electron chi connectivity index (χ2n) is 2.88. The molecule has 0 atom stereocenters. The number of nitrogens with zero attached hydrogens (tertiary/aromatic N) is 1. The van der Waals surface area contributed by atoms with Gasteiger partial charge >= 0.3 is 15.3 Å². The van der Waals surface area contributed by atoms with E-state index >= 15 is 0 Å². The molecule has 0 aliphatic carbocycles. The SMILES string of the molecule is Cc1ccc(N(C(N)=O)S(=O)(=O)Cl)cc1. The van der Waals surface area contributed by atoms with Gasteiger partial charge in [0.2, 0.25) is 0 Å². The zero-order chi connectivity index (χ0) is 11.6. The van der Waals surface area contributed by atoms with Gasteiger partial charge in [-0.05, 0) is 19.1 Å². The molecule has 0 aromatic heterocycles. The molecule has 0 spiro atoms. The van der Waals surface area contributed by atoms with Crippen LogP contribution in [0.25, 0.3) is 0 Å². The maximum Gasteiger partial charge on any atom is 0.334 e. The standard InChI is InChI=1S/C8H9ClN2O3S/c1-6-2-4-7(5-3-6)11(8(10)12)15(9,13)14/h2-5H,1H3,(H2,10,12). The highest BCUT2D eigenvalue weighted by Crippen LogP contribution is 2.20. The minimum absolute atomic E-state index is 0.114. The molecule has 0 fully saturated rings. The van der Waals surface area contributed by atoms with Gasteiger partial charge in [-0.2, -0.15) is 12.7 Å². The van der Waals surface area contributed by atoms with Gasteiger partial charge in [-0.25, -0.2) is 4.79 Å². The summed E-state index contributed by atoms with van der Waals surface area (Å²) >= 11 is 0. The molecule has 0 radical (unpaired) electrons. The largest absolute Gasteiger partial charge is 0.350 e. The Hall–Kier alpha value is -1.27. The van der Waals surface area contributed by atoms with Crippen molar-refractivity contribution in [3.05, 3.63) is 29.8 Å². The summed E-state index contributed by atoms with van der Waals surface area (Å²) in [7, 11) is 0.867. The molecule has 0 heterocycles. The Balaban J connectivity index is 3.23. The van der Waals surface area contributed by atoms with E-state index < -0.39 is 15.3 Å². The predicted molar refractivity (Wildman–Crippen MR) is 58.0 cm³/mol. The van der Waals surface area contributed by atoms with Crippen molar-refractivity contribution < 1.29 is 13.2 Å². The smallest absolute Gasteiger partial charge is 0.334 e. The second kappa shape index (κ2) is 4.08. The van der Waals surface area contributed by atoms with Crippen LogP contribution in [-0.4, -0.2) is 14.4 Å². The van der Waals surface area contributed by atoms with Gasteiger partial charge in [0.25, 0.3) is 0 Å². The van der Waals surface area contributed by atoms with Crippen LogP contribution >= 0.6 is 10.7 Å². The van der Waals surface area contributed by atoms with Crippen molar-refractivity contribution in [3.63, 3.8) is 0 Å². The number of rotatable bonds is 2. The van der Waals surface area contributed by atoms with Crippen LogP contribution < -0.4 is 10.0 Å². The Morgan fingerprint density at radius 3 is 2.13 bits per heavy atom. The molecule has 0 unspecified atom stereocenters. The molecule has 5 nitrogen and oxygen atoms in total. The van der Waals surface area contributed by atoms with Crippen molar-refractivity contribution in [2.24, 2.45) is 5.73 Å². The first-order valence-corrected chi connectivity index (χ1v) is 6.20. The normalized spacial score (nSPS) is 11.1. The van der Waals surface area contributed by atoms with Crippen LogP contribution in [0.2, 0.25) is 0 Å². The summed E-state index contributed by atoms with van der Waals surface area (Å²) in [4.78, 5) is 10.9. The maximum atomic E-state index is 11.0. The van der Waals surface area contributed by atoms with Gasteiger partial charge in [0.1, 0.15) is 0 Å². The topological polar surface area (TPSA) is 80.5 Å². The van der Waals surface area contributed by atoms with Gasteiger partial charge in [-0.15, -0.1) is 0 Å². The van der Waals surface area contributed by atoms with E-state index in [4.69, 9.17) is 16.4 Å².